The van der Waals surface area contributed by atoms with Crippen molar-refractivity contribution in [2.24, 2.45) is 17.9 Å². The zero-order chi connectivity index (χ0) is 13.1. The number of aromatic nitrogens is 3. The van der Waals surface area contributed by atoms with E-state index in [0.717, 1.165) is 4.90 Å². The zero-order valence-corrected chi connectivity index (χ0v) is 11.0. The first-order valence-corrected chi connectivity index (χ1v) is 6.10. The fraction of sp³-hybridized carbons (Fsp3) is 0.100. The third kappa shape index (κ3) is 2.57. The fourth-order valence-electron chi connectivity index (χ4n) is 1.32. The molecule has 2 rings (SSSR count). The molecule has 94 valence electrons. The van der Waals surface area contributed by atoms with Crippen LogP contribution in [-0.2, 0) is 7.05 Å². The minimum Gasteiger partial charge on any atom is -0.409 e. The average molecular weight is 284 g/mol. The van der Waals surface area contributed by atoms with E-state index in [0.29, 0.717) is 15.7 Å². The monoisotopic (exact) mass is 283 g/mol. The van der Waals surface area contributed by atoms with Crippen molar-refractivity contribution < 1.29 is 5.21 Å². The van der Waals surface area contributed by atoms with Crippen LogP contribution in [0.25, 0.3) is 0 Å². The first-order chi connectivity index (χ1) is 8.61. The van der Waals surface area contributed by atoms with Crippen LogP contribution in [0.4, 0.5) is 0 Å². The minimum absolute atomic E-state index is 0.00201. The molecule has 0 aliphatic heterocycles. The van der Waals surface area contributed by atoms with E-state index < -0.39 is 0 Å². The molecule has 1 aromatic carbocycles. The van der Waals surface area contributed by atoms with E-state index in [9.17, 15) is 0 Å². The molecule has 6 nitrogen and oxygen atoms in total. The Balaban J connectivity index is 2.42. The predicted octanol–water partition coefficient (Wildman–Crippen LogP) is 1.71. The molecule has 0 saturated carbocycles. The molecule has 0 amide bonds. The summed E-state index contributed by atoms with van der Waals surface area (Å²) < 4.78 is 1.63. The maximum absolute atomic E-state index is 8.76. The highest BCUT2D eigenvalue weighted by molar-refractivity contribution is 7.99. The van der Waals surface area contributed by atoms with Crippen molar-refractivity contribution in [3.05, 3.63) is 35.1 Å². The second kappa shape index (κ2) is 5.28. The van der Waals surface area contributed by atoms with Crippen molar-refractivity contribution in [3.63, 3.8) is 0 Å². The summed E-state index contributed by atoms with van der Waals surface area (Å²) in [5.41, 5.74) is 6.17. The second-order valence-corrected chi connectivity index (χ2v) is 4.84. The van der Waals surface area contributed by atoms with Crippen molar-refractivity contribution in [1.82, 2.24) is 14.8 Å². The molecule has 1 heterocycles. The van der Waals surface area contributed by atoms with Gasteiger partial charge in [0.15, 0.2) is 11.0 Å². The molecule has 0 fully saturated rings. The Bertz CT molecular complexity index is 598. The molecule has 0 aliphatic carbocycles. The van der Waals surface area contributed by atoms with Crippen LogP contribution in [0.5, 0.6) is 0 Å². The average Bonchev–Trinajstić information content (AvgIpc) is 2.76. The summed E-state index contributed by atoms with van der Waals surface area (Å²) in [6.07, 6.45) is 1.46. The highest BCUT2D eigenvalue weighted by Gasteiger charge is 2.12. The van der Waals surface area contributed by atoms with Crippen LogP contribution in [0.3, 0.4) is 0 Å². The van der Waals surface area contributed by atoms with E-state index in [2.05, 4.69) is 15.2 Å². The molecule has 8 heteroatoms. The highest BCUT2D eigenvalue weighted by Crippen LogP contribution is 2.30. The summed E-state index contributed by atoms with van der Waals surface area (Å²) in [7, 11) is 1.79. The van der Waals surface area contributed by atoms with Crippen molar-refractivity contribution in [3.8, 4) is 0 Å². The molecular weight excluding hydrogens is 274 g/mol. The van der Waals surface area contributed by atoms with E-state index >= 15 is 0 Å². The Morgan fingerprint density at radius 1 is 1.56 bits per heavy atom. The molecular formula is C10H10ClN5OS. The second-order valence-electron chi connectivity index (χ2n) is 3.39. The molecule has 1 aromatic heterocycles. The Labute approximate surface area is 112 Å². The van der Waals surface area contributed by atoms with Gasteiger partial charge >= 0.3 is 0 Å². The lowest BCUT2D eigenvalue weighted by atomic mass is 10.2. The van der Waals surface area contributed by atoms with Gasteiger partial charge in [0.05, 0.1) is 0 Å². The summed E-state index contributed by atoms with van der Waals surface area (Å²) in [6.45, 7) is 0. The van der Waals surface area contributed by atoms with Gasteiger partial charge in [-0.1, -0.05) is 16.8 Å². The van der Waals surface area contributed by atoms with Crippen LogP contribution in [0, 0.1) is 0 Å². The molecule has 0 unspecified atom stereocenters. The molecule has 0 saturated heterocycles. The maximum Gasteiger partial charge on any atom is 0.190 e. The molecule has 0 atom stereocenters. The normalized spacial score (nSPS) is 11.8. The molecule has 0 bridgehead atoms. The van der Waals surface area contributed by atoms with E-state index in [1.807, 2.05) is 0 Å². The molecule has 0 radical (unpaired) electrons. The van der Waals surface area contributed by atoms with Crippen molar-refractivity contribution in [2.75, 3.05) is 0 Å². The van der Waals surface area contributed by atoms with Gasteiger partial charge in [-0.15, -0.1) is 0 Å². The van der Waals surface area contributed by atoms with Gasteiger partial charge in [0.25, 0.3) is 0 Å². The maximum atomic E-state index is 8.76. The Morgan fingerprint density at radius 3 is 2.94 bits per heavy atom. The van der Waals surface area contributed by atoms with Gasteiger partial charge in [-0.05, 0) is 30.0 Å². The quantitative estimate of drug-likeness (QED) is 0.387. The largest absolute Gasteiger partial charge is 0.409 e. The van der Waals surface area contributed by atoms with Crippen molar-refractivity contribution >= 4 is 29.2 Å². The van der Waals surface area contributed by atoms with Crippen molar-refractivity contribution in [1.29, 1.82) is 0 Å². The van der Waals surface area contributed by atoms with Gasteiger partial charge < -0.3 is 10.9 Å². The van der Waals surface area contributed by atoms with E-state index in [-0.39, 0.29) is 5.84 Å². The summed E-state index contributed by atoms with van der Waals surface area (Å²) in [4.78, 5) is 4.88. The van der Waals surface area contributed by atoms with Gasteiger partial charge in [0, 0.05) is 22.5 Å². The number of hydrogen-bond donors (Lipinski definition) is 2. The number of rotatable bonds is 3. The number of aryl methyl sites for hydroxylation is 1. The lowest BCUT2D eigenvalue weighted by Crippen LogP contribution is -2.14. The number of hydrogen-bond acceptors (Lipinski definition) is 5. The van der Waals surface area contributed by atoms with Crippen LogP contribution < -0.4 is 5.73 Å². The van der Waals surface area contributed by atoms with E-state index in [4.69, 9.17) is 22.5 Å². The van der Waals surface area contributed by atoms with Gasteiger partial charge in [0.2, 0.25) is 0 Å². The summed E-state index contributed by atoms with van der Waals surface area (Å²) in [5, 5.41) is 16.9. The smallest absolute Gasteiger partial charge is 0.190 e. The minimum atomic E-state index is 0.00201. The van der Waals surface area contributed by atoms with Crippen molar-refractivity contribution in [2.45, 2.75) is 10.1 Å². The van der Waals surface area contributed by atoms with Gasteiger partial charge in [-0.25, -0.2) is 9.67 Å². The van der Waals surface area contributed by atoms with Gasteiger partial charge in [0.1, 0.15) is 6.33 Å². The highest BCUT2D eigenvalue weighted by atomic mass is 35.5. The van der Waals surface area contributed by atoms with Crippen LogP contribution in [-0.4, -0.2) is 25.8 Å². The molecule has 0 spiro atoms. The van der Waals surface area contributed by atoms with Gasteiger partial charge in [-0.3, -0.25) is 0 Å². The van der Waals surface area contributed by atoms with Crippen LogP contribution in [0.15, 0.2) is 39.7 Å². The zero-order valence-electron chi connectivity index (χ0n) is 9.41. The molecule has 3 N–H and O–H groups in total. The third-order valence-electron chi connectivity index (χ3n) is 2.20. The Kier molecular flexibility index (Phi) is 3.73. The first kappa shape index (κ1) is 12.7. The Hall–Kier alpha value is -1.73. The number of nitrogens with zero attached hydrogens (tertiary/aromatic N) is 4. The van der Waals surface area contributed by atoms with Crippen LogP contribution >= 0.6 is 23.4 Å². The summed E-state index contributed by atoms with van der Waals surface area (Å²) in [6, 6.07) is 5.15. The van der Waals surface area contributed by atoms with E-state index in [1.165, 1.54) is 18.1 Å². The summed E-state index contributed by atoms with van der Waals surface area (Å²) >= 11 is 7.26. The standard InChI is InChI=1S/C10H10ClN5OS/c1-16-10(13-5-14-16)18-8-3-2-6(11)4-7(8)9(12)15-17/h2-5,17H,1H3,(H2,12,15). The number of benzene rings is 1. The lowest BCUT2D eigenvalue weighted by Gasteiger charge is -2.07. The lowest BCUT2D eigenvalue weighted by molar-refractivity contribution is 0.318. The van der Waals surface area contributed by atoms with Gasteiger partial charge in [-0.2, -0.15) is 5.10 Å². The molecule has 0 aliphatic rings. The topological polar surface area (TPSA) is 89.3 Å². The summed E-state index contributed by atoms with van der Waals surface area (Å²) in [5.74, 6) is 0.00201. The number of amidine groups is 1. The molecule has 2 aromatic rings. The predicted molar refractivity (Wildman–Crippen MR) is 69.1 cm³/mol. The third-order valence-corrected chi connectivity index (χ3v) is 3.56. The molecule has 18 heavy (non-hydrogen) atoms. The first-order valence-electron chi connectivity index (χ1n) is 4.91. The number of nitrogens with two attached hydrogens (primary N) is 1. The van der Waals surface area contributed by atoms with Crippen LogP contribution in [0.2, 0.25) is 5.02 Å². The fourth-order valence-corrected chi connectivity index (χ4v) is 2.38. The SMILES string of the molecule is Cn1ncnc1Sc1ccc(Cl)cc1/C(N)=N/O. The van der Waals surface area contributed by atoms with Crippen LogP contribution in [0.1, 0.15) is 5.56 Å². The van der Waals surface area contributed by atoms with E-state index in [1.54, 1.807) is 29.9 Å². The Morgan fingerprint density at radius 2 is 2.33 bits per heavy atom. The number of oxime groups is 1. The number of halogens is 1.